The summed E-state index contributed by atoms with van der Waals surface area (Å²) in [6, 6.07) is 8.40. The standard InChI is InChI=1S/C13H18BrNO2/c1-10(11-6-3-4-7-12(11)14)15-9-5-8-13(16)17-2/h3-4,6-7,10,15H,5,8-9H2,1-2H3/t10-/m0/s1. The van der Waals surface area contributed by atoms with Gasteiger partial charge >= 0.3 is 5.97 Å². The number of nitrogens with one attached hydrogen (secondary N) is 1. The first kappa shape index (κ1) is 14.2. The molecule has 94 valence electrons. The third-order valence-corrected chi connectivity index (χ3v) is 3.33. The number of rotatable bonds is 6. The van der Waals surface area contributed by atoms with Gasteiger partial charge in [-0.3, -0.25) is 4.79 Å². The number of hydrogen-bond donors (Lipinski definition) is 1. The van der Waals surface area contributed by atoms with Crippen LogP contribution in [-0.2, 0) is 9.53 Å². The fourth-order valence-corrected chi connectivity index (χ4v) is 2.22. The highest BCUT2D eigenvalue weighted by Gasteiger charge is 2.08. The van der Waals surface area contributed by atoms with E-state index in [4.69, 9.17) is 0 Å². The van der Waals surface area contributed by atoms with Crippen LogP contribution >= 0.6 is 15.9 Å². The summed E-state index contributed by atoms with van der Waals surface area (Å²) in [7, 11) is 1.42. The second kappa shape index (κ2) is 7.45. The fraction of sp³-hybridized carbons (Fsp3) is 0.462. The normalized spacial score (nSPS) is 12.2. The molecule has 1 aromatic carbocycles. The van der Waals surface area contributed by atoms with Crippen LogP contribution in [0.4, 0.5) is 0 Å². The van der Waals surface area contributed by atoms with Crippen LogP contribution in [0.15, 0.2) is 28.7 Å². The van der Waals surface area contributed by atoms with Gasteiger partial charge < -0.3 is 10.1 Å². The lowest BCUT2D eigenvalue weighted by Crippen LogP contribution is -2.21. The maximum absolute atomic E-state index is 10.9. The number of ether oxygens (including phenoxy) is 1. The molecular formula is C13H18BrNO2. The molecule has 0 heterocycles. The molecule has 4 heteroatoms. The van der Waals surface area contributed by atoms with Gasteiger partial charge in [-0.15, -0.1) is 0 Å². The Balaban J connectivity index is 2.33. The molecule has 0 saturated carbocycles. The molecule has 0 bridgehead atoms. The quantitative estimate of drug-likeness (QED) is 0.648. The van der Waals surface area contributed by atoms with Crippen molar-refractivity contribution in [3.05, 3.63) is 34.3 Å². The van der Waals surface area contributed by atoms with Crippen molar-refractivity contribution in [1.29, 1.82) is 0 Å². The summed E-state index contributed by atoms with van der Waals surface area (Å²) >= 11 is 3.53. The van der Waals surface area contributed by atoms with E-state index in [2.05, 4.69) is 39.0 Å². The van der Waals surface area contributed by atoms with Crippen molar-refractivity contribution in [2.75, 3.05) is 13.7 Å². The maximum Gasteiger partial charge on any atom is 0.305 e. The SMILES string of the molecule is COC(=O)CCCN[C@@H](C)c1ccccc1Br. The molecule has 0 radical (unpaired) electrons. The van der Waals surface area contributed by atoms with Gasteiger partial charge in [0.15, 0.2) is 0 Å². The second-order valence-corrected chi connectivity index (χ2v) is 4.73. The Hall–Kier alpha value is -0.870. The lowest BCUT2D eigenvalue weighted by molar-refractivity contribution is -0.140. The van der Waals surface area contributed by atoms with Crippen molar-refractivity contribution in [2.45, 2.75) is 25.8 Å². The Morgan fingerprint density at radius 1 is 1.47 bits per heavy atom. The van der Waals surface area contributed by atoms with E-state index in [1.807, 2.05) is 18.2 Å². The van der Waals surface area contributed by atoms with Gasteiger partial charge in [0.2, 0.25) is 0 Å². The van der Waals surface area contributed by atoms with Crippen LogP contribution in [0.1, 0.15) is 31.4 Å². The highest BCUT2D eigenvalue weighted by molar-refractivity contribution is 9.10. The van der Waals surface area contributed by atoms with Crippen molar-refractivity contribution in [3.8, 4) is 0 Å². The molecule has 1 atom stereocenters. The summed E-state index contributed by atoms with van der Waals surface area (Å²) in [5, 5.41) is 3.38. The largest absolute Gasteiger partial charge is 0.469 e. The molecule has 1 aromatic rings. The average Bonchev–Trinajstić information content (AvgIpc) is 2.34. The Kier molecular flexibility index (Phi) is 6.22. The maximum atomic E-state index is 10.9. The first-order valence-electron chi connectivity index (χ1n) is 5.69. The lowest BCUT2D eigenvalue weighted by atomic mass is 10.1. The van der Waals surface area contributed by atoms with Crippen LogP contribution in [0.2, 0.25) is 0 Å². The Bertz CT molecular complexity index is 368. The zero-order chi connectivity index (χ0) is 12.7. The topological polar surface area (TPSA) is 38.3 Å². The molecule has 1 rings (SSSR count). The van der Waals surface area contributed by atoms with Gasteiger partial charge in [-0.25, -0.2) is 0 Å². The van der Waals surface area contributed by atoms with E-state index in [0.717, 1.165) is 17.4 Å². The zero-order valence-electron chi connectivity index (χ0n) is 10.2. The summed E-state index contributed by atoms with van der Waals surface area (Å²) in [6.45, 7) is 2.91. The lowest BCUT2D eigenvalue weighted by Gasteiger charge is -2.15. The minimum Gasteiger partial charge on any atom is -0.469 e. The molecule has 0 aliphatic carbocycles. The van der Waals surface area contributed by atoms with E-state index in [-0.39, 0.29) is 12.0 Å². The van der Waals surface area contributed by atoms with Crippen LogP contribution in [0.3, 0.4) is 0 Å². The van der Waals surface area contributed by atoms with Gasteiger partial charge in [-0.2, -0.15) is 0 Å². The molecule has 0 fully saturated rings. The van der Waals surface area contributed by atoms with Gasteiger partial charge in [0.05, 0.1) is 7.11 Å². The molecule has 0 amide bonds. The molecular weight excluding hydrogens is 282 g/mol. The van der Waals surface area contributed by atoms with Crippen LogP contribution < -0.4 is 5.32 Å². The molecule has 3 nitrogen and oxygen atoms in total. The first-order chi connectivity index (χ1) is 8.15. The number of carbonyl (C=O) groups excluding carboxylic acids is 1. The number of benzene rings is 1. The molecule has 0 unspecified atom stereocenters. The Labute approximate surface area is 111 Å². The van der Waals surface area contributed by atoms with E-state index in [0.29, 0.717) is 6.42 Å². The van der Waals surface area contributed by atoms with Gasteiger partial charge in [-0.1, -0.05) is 34.1 Å². The van der Waals surface area contributed by atoms with Crippen LogP contribution in [0, 0.1) is 0 Å². The number of halogens is 1. The van der Waals surface area contributed by atoms with Gasteiger partial charge in [0.1, 0.15) is 0 Å². The van der Waals surface area contributed by atoms with E-state index in [1.54, 1.807) is 0 Å². The summed E-state index contributed by atoms with van der Waals surface area (Å²) in [6.07, 6.45) is 1.26. The average molecular weight is 300 g/mol. The summed E-state index contributed by atoms with van der Waals surface area (Å²) in [5.41, 5.74) is 1.23. The smallest absolute Gasteiger partial charge is 0.305 e. The highest BCUT2D eigenvalue weighted by Crippen LogP contribution is 2.22. The molecule has 1 N–H and O–H groups in total. The Morgan fingerprint density at radius 3 is 2.82 bits per heavy atom. The predicted molar refractivity (Wildman–Crippen MR) is 71.8 cm³/mol. The molecule has 0 aliphatic heterocycles. The van der Waals surface area contributed by atoms with Crippen molar-refractivity contribution in [3.63, 3.8) is 0 Å². The second-order valence-electron chi connectivity index (χ2n) is 3.88. The minimum absolute atomic E-state index is 0.152. The fourth-order valence-electron chi connectivity index (χ4n) is 1.59. The third kappa shape index (κ3) is 4.88. The molecule has 0 saturated heterocycles. The third-order valence-electron chi connectivity index (χ3n) is 2.61. The van der Waals surface area contributed by atoms with Gasteiger partial charge in [0.25, 0.3) is 0 Å². The van der Waals surface area contributed by atoms with Crippen LogP contribution in [0.5, 0.6) is 0 Å². The van der Waals surface area contributed by atoms with Crippen molar-refractivity contribution >= 4 is 21.9 Å². The first-order valence-corrected chi connectivity index (χ1v) is 6.49. The Morgan fingerprint density at radius 2 is 2.18 bits per heavy atom. The highest BCUT2D eigenvalue weighted by atomic mass is 79.9. The van der Waals surface area contributed by atoms with Crippen LogP contribution in [-0.4, -0.2) is 19.6 Å². The van der Waals surface area contributed by atoms with Crippen molar-refractivity contribution in [2.24, 2.45) is 0 Å². The summed E-state index contributed by atoms with van der Waals surface area (Å²) in [5.74, 6) is -0.152. The van der Waals surface area contributed by atoms with E-state index in [9.17, 15) is 4.79 Å². The van der Waals surface area contributed by atoms with Crippen LogP contribution in [0.25, 0.3) is 0 Å². The monoisotopic (exact) mass is 299 g/mol. The van der Waals surface area contributed by atoms with Gasteiger partial charge in [0, 0.05) is 16.9 Å². The number of carbonyl (C=O) groups is 1. The summed E-state index contributed by atoms with van der Waals surface area (Å²) in [4.78, 5) is 10.9. The van der Waals surface area contributed by atoms with Crippen molar-refractivity contribution < 1.29 is 9.53 Å². The van der Waals surface area contributed by atoms with E-state index >= 15 is 0 Å². The van der Waals surface area contributed by atoms with Gasteiger partial charge in [-0.05, 0) is 31.5 Å². The number of methoxy groups -OCH3 is 1. The molecule has 0 spiro atoms. The van der Waals surface area contributed by atoms with Crippen molar-refractivity contribution in [1.82, 2.24) is 5.32 Å². The van der Waals surface area contributed by atoms with E-state index in [1.165, 1.54) is 12.7 Å². The van der Waals surface area contributed by atoms with E-state index < -0.39 is 0 Å². The zero-order valence-corrected chi connectivity index (χ0v) is 11.8. The number of hydrogen-bond acceptors (Lipinski definition) is 3. The molecule has 0 aromatic heterocycles. The number of esters is 1. The minimum atomic E-state index is -0.152. The summed E-state index contributed by atoms with van der Waals surface area (Å²) < 4.78 is 5.69. The molecule has 0 aliphatic rings. The molecule has 17 heavy (non-hydrogen) atoms. The predicted octanol–water partition coefficient (Wildman–Crippen LogP) is 3.05.